The number of halogens is 1. The lowest BCUT2D eigenvalue weighted by Gasteiger charge is -2.09. The van der Waals surface area contributed by atoms with E-state index in [2.05, 4.69) is 0 Å². The normalized spacial score (nSPS) is 12.1. The first-order valence-electron chi connectivity index (χ1n) is 5.67. The SMILES string of the molecule is COc1ccccc1S(=O)Cc1ccc(F)cc1N. The zero-order valence-corrected chi connectivity index (χ0v) is 11.2. The third kappa shape index (κ3) is 3.12. The zero-order valence-electron chi connectivity index (χ0n) is 10.4. The van der Waals surface area contributed by atoms with Crippen molar-refractivity contribution in [3.8, 4) is 5.75 Å². The molecule has 0 heterocycles. The predicted molar refractivity (Wildman–Crippen MR) is 73.9 cm³/mol. The zero-order chi connectivity index (χ0) is 13.8. The molecule has 0 aliphatic carbocycles. The van der Waals surface area contributed by atoms with E-state index in [9.17, 15) is 8.60 Å². The molecule has 1 atom stereocenters. The van der Waals surface area contributed by atoms with E-state index in [1.54, 1.807) is 24.3 Å². The minimum Gasteiger partial charge on any atom is -0.495 e. The fourth-order valence-electron chi connectivity index (χ4n) is 1.72. The van der Waals surface area contributed by atoms with Crippen molar-refractivity contribution in [3.63, 3.8) is 0 Å². The Hall–Kier alpha value is -1.88. The molecule has 2 aromatic carbocycles. The highest BCUT2D eigenvalue weighted by Crippen LogP contribution is 2.25. The molecule has 0 aromatic heterocycles. The van der Waals surface area contributed by atoms with E-state index in [0.717, 1.165) is 0 Å². The van der Waals surface area contributed by atoms with Gasteiger partial charge in [-0.2, -0.15) is 0 Å². The van der Waals surface area contributed by atoms with E-state index in [0.29, 0.717) is 21.9 Å². The molecule has 2 rings (SSSR count). The molecule has 1 unspecified atom stereocenters. The number of rotatable bonds is 4. The highest BCUT2D eigenvalue weighted by atomic mass is 32.2. The average molecular weight is 279 g/mol. The Morgan fingerprint density at radius 2 is 2.00 bits per heavy atom. The van der Waals surface area contributed by atoms with Gasteiger partial charge in [0.05, 0.1) is 28.6 Å². The first kappa shape index (κ1) is 13.5. The Morgan fingerprint density at radius 1 is 1.26 bits per heavy atom. The van der Waals surface area contributed by atoms with Crippen LogP contribution in [0.1, 0.15) is 5.56 Å². The molecule has 5 heteroatoms. The summed E-state index contributed by atoms with van der Waals surface area (Å²) in [7, 11) is 0.240. The Morgan fingerprint density at radius 3 is 2.68 bits per heavy atom. The molecule has 0 bridgehead atoms. The highest BCUT2D eigenvalue weighted by Gasteiger charge is 2.12. The first-order chi connectivity index (χ1) is 9.11. The highest BCUT2D eigenvalue weighted by molar-refractivity contribution is 7.84. The summed E-state index contributed by atoms with van der Waals surface area (Å²) in [6, 6.07) is 11.2. The number of methoxy groups -OCH3 is 1. The van der Waals surface area contributed by atoms with E-state index in [4.69, 9.17) is 10.5 Å². The van der Waals surface area contributed by atoms with Gasteiger partial charge in [-0.25, -0.2) is 4.39 Å². The number of nitrogens with two attached hydrogens (primary N) is 1. The fourth-order valence-corrected chi connectivity index (χ4v) is 3.03. The van der Waals surface area contributed by atoms with Crippen LogP contribution < -0.4 is 10.5 Å². The molecule has 19 heavy (non-hydrogen) atoms. The van der Waals surface area contributed by atoms with Crippen molar-refractivity contribution in [2.45, 2.75) is 10.6 Å². The maximum atomic E-state index is 13.0. The van der Waals surface area contributed by atoms with Gasteiger partial charge in [0.1, 0.15) is 11.6 Å². The second-order valence-electron chi connectivity index (χ2n) is 3.98. The molecule has 0 saturated carbocycles. The van der Waals surface area contributed by atoms with Crippen molar-refractivity contribution in [1.82, 2.24) is 0 Å². The van der Waals surface area contributed by atoms with Crippen LogP contribution in [0.5, 0.6) is 5.75 Å². The summed E-state index contributed by atoms with van der Waals surface area (Å²) < 4.78 is 30.4. The van der Waals surface area contributed by atoms with Crippen LogP contribution in [0.3, 0.4) is 0 Å². The van der Waals surface area contributed by atoms with Crippen LogP contribution >= 0.6 is 0 Å². The number of nitrogen functional groups attached to an aromatic ring is 1. The predicted octanol–water partition coefficient (Wildman–Crippen LogP) is 2.72. The number of anilines is 1. The van der Waals surface area contributed by atoms with Gasteiger partial charge in [0, 0.05) is 5.69 Å². The Balaban J connectivity index is 2.26. The number of benzene rings is 2. The molecule has 0 saturated heterocycles. The number of ether oxygens (including phenoxy) is 1. The van der Waals surface area contributed by atoms with E-state index in [1.807, 2.05) is 6.07 Å². The van der Waals surface area contributed by atoms with Crippen LogP contribution in [0.15, 0.2) is 47.4 Å². The van der Waals surface area contributed by atoms with Crippen LogP contribution in [0.25, 0.3) is 0 Å². The minimum atomic E-state index is -1.29. The van der Waals surface area contributed by atoms with Gasteiger partial charge in [-0.05, 0) is 29.8 Å². The summed E-state index contributed by atoms with van der Waals surface area (Å²) in [5, 5.41) is 0. The van der Waals surface area contributed by atoms with Gasteiger partial charge < -0.3 is 10.5 Å². The summed E-state index contributed by atoms with van der Waals surface area (Å²) in [6.07, 6.45) is 0. The molecular weight excluding hydrogens is 265 g/mol. The molecule has 0 radical (unpaired) electrons. The third-order valence-corrected chi connectivity index (χ3v) is 4.11. The Kier molecular flexibility index (Phi) is 4.16. The van der Waals surface area contributed by atoms with Gasteiger partial charge in [0.2, 0.25) is 0 Å². The van der Waals surface area contributed by atoms with Gasteiger partial charge in [-0.1, -0.05) is 18.2 Å². The molecule has 0 aliphatic heterocycles. The maximum absolute atomic E-state index is 13.0. The third-order valence-electron chi connectivity index (χ3n) is 2.71. The van der Waals surface area contributed by atoms with E-state index in [1.165, 1.54) is 19.2 Å². The molecule has 100 valence electrons. The topological polar surface area (TPSA) is 52.3 Å². The van der Waals surface area contributed by atoms with Gasteiger partial charge in [0.15, 0.2) is 0 Å². The molecule has 0 spiro atoms. The molecule has 0 fully saturated rings. The van der Waals surface area contributed by atoms with Gasteiger partial charge >= 0.3 is 0 Å². The minimum absolute atomic E-state index is 0.229. The summed E-state index contributed by atoms with van der Waals surface area (Å²) in [4.78, 5) is 0.605. The Labute approximate surface area is 113 Å². The lowest BCUT2D eigenvalue weighted by Crippen LogP contribution is -2.02. The molecule has 0 amide bonds. The van der Waals surface area contributed by atoms with Crippen LogP contribution in [-0.4, -0.2) is 11.3 Å². The second-order valence-corrected chi connectivity index (χ2v) is 5.40. The van der Waals surface area contributed by atoms with E-state index in [-0.39, 0.29) is 5.75 Å². The smallest absolute Gasteiger partial charge is 0.134 e. The Bertz CT molecular complexity index is 616. The number of hydrogen-bond donors (Lipinski definition) is 1. The summed E-state index contributed by atoms with van der Waals surface area (Å²) >= 11 is 0. The summed E-state index contributed by atoms with van der Waals surface area (Å²) in [5.74, 6) is 0.401. The number of hydrogen-bond acceptors (Lipinski definition) is 3. The van der Waals surface area contributed by atoms with Crippen molar-refractivity contribution in [2.24, 2.45) is 0 Å². The van der Waals surface area contributed by atoms with Crippen LogP contribution in [-0.2, 0) is 16.6 Å². The van der Waals surface area contributed by atoms with Gasteiger partial charge in [0.25, 0.3) is 0 Å². The fraction of sp³-hybridized carbons (Fsp3) is 0.143. The van der Waals surface area contributed by atoms with E-state index >= 15 is 0 Å². The quantitative estimate of drug-likeness (QED) is 0.875. The van der Waals surface area contributed by atoms with Crippen molar-refractivity contribution in [1.29, 1.82) is 0 Å². The second kappa shape index (κ2) is 5.84. The summed E-state index contributed by atoms with van der Waals surface area (Å²) in [6.45, 7) is 0. The molecule has 0 aliphatic rings. The van der Waals surface area contributed by atoms with Gasteiger partial charge in [-0.3, -0.25) is 4.21 Å². The summed E-state index contributed by atoms with van der Waals surface area (Å²) in [5.41, 5.74) is 6.68. The molecular formula is C14H14FNO2S. The van der Waals surface area contributed by atoms with Crippen LogP contribution in [0, 0.1) is 5.82 Å². The average Bonchev–Trinajstić information content (AvgIpc) is 2.41. The monoisotopic (exact) mass is 279 g/mol. The van der Waals surface area contributed by atoms with Crippen LogP contribution in [0.2, 0.25) is 0 Å². The van der Waals surface area contributed by atoms with Crippen molar-refractivity contribution < 1.29 is 13.3 Å². The maximum Gasteiger partial charge on any atom is 0.134 e. The van der Waals surface area contributed by atoms with Crippen molar-refractivity contribution in [3.05, 3.63) is 53.8 Å². The van der Waals surface area contributed by atoms with Crippen molar-refractivity contribution in [2.75, 3.05) is 12.8 Å². The lowest BCUT2D eigenvalue weighted by atomic mass is 10.2. The first-order valence-corrected chi connectivity index (χ1v) is 6.99. The van der Waals surface area contributed by atoms with Crippen LogP contribution in [0.4, 0.5) is 10.1 Å². The van der Waals surface area contributed by atoms with E-state index < -0.39 is 16.6 Å². The number of para-hydroxylation sites is 1. The van der Waals surface area contributed by atoms with Crippen molar-refractivity contribution >= 4 is 16.5 Å². The molecule has 2 aromatic rings. The molecule has 2 N–H and O–H groups in total. The standard InChI is InChI=1S/C14H14FNO2S/c1-18-13-4-2-3-5-14(13)19(17)9-10-6-7-11(15)8-12(10)16/h2-8H,9,16H2,1H3. The van der Waals surface area contributed by atoms with Gasteiger partial charge in [-0.15, -0.1) is 0 Å². The molecule has 3 nitrogen and oxygen atoms in total. The lowest BCUT2D eigenvalue weighted by molar-refractivity contribution is 0.404. The largest absolute Gasteiger partial charge is 0.495 e.